The number of carbonyl (C=O) groups excluding carboxylic acids is 3. The van der Waals surface area contributed by atoms with E-state index in [-0.39, 0.29) is 30.0 Å². The number of hydrogen-bond donors (Lipinski definition) is 4. The van der Waals surface area contributed by atoms with Gasteiger partial charge in [0.1, 0.15) is 0 Å². The van der Waals surface area contributed by atoms with Crippen LogP contribution in [0.5, 0.6) is 0 Å². The summed E-state index contributed by atoms with van der Waals surface area (Å²) in [4.78, 5) is 36.4. The zero-order valence-corrected chi connectivity index (χ0v) is 18.2. The molecule has 3 aromatic rings. The second-order valence-electron chi connectivity index (χ2n) is 7.09. The van der Waals surface area contributed by atoms with Crippen molar-refractivity contribution >= 4 is 34.8 Å². The Bertz CT molecular complexity index is 1060. The van der Waals surface area contributed by atoms with Gasteiger partial charge in [-0.2, -0.15) is 0 Å². The summed E-state index contributed by atoms with van der Waals surface area (Å²) in [5.74, 6) is -0.578. The first-order valence-corrected chi connectivity index (χ1v) is 10.4. The summed E-state index contributed by atoms with van der Waals surface area (Å²) >= 11 is 0. The molecule has 9 nitrogen and oxygen atoms in total. The van der Waals surface area contributed by atoms with Gasteiger partial charge < -0.3 is 30.4 Å². The molecule has 1 aromatic heterocycles. The minimum Gasteiger partial charge on any atom is -0.459 e. The first kappa shape index (κ1) is 23.6. The predicted molar refractivity (Wildman–Crippen MR) is 125 cm³/mol. The van der Waals surface area contributed by atoms with Crippen molar-refractivity contribution in [2.75, 3.05) is 42.8 Å². The van der Waals surface area contributed by atoms with Crippen molar-refractivity contribution in [1.29, 1.82) is 0 Å². The van der Waals surface area contributed by atoms with Crippen LogP contribution in [0.1, 0.15) is 27.3 Å². The van der Waals surface area contributed by atoms with Gasteiger partial charge in [-0.25, -0.2) is 0 Å². The molecule has 1 heterocycles. The van der Waals surface area contributed by atoms with Crippen LogP contribution in [0.4, 0.5) is 17.1 Å². The fraction of sp³-hybridized carbons (Fsp3) is 0.208. The Labute approximate surface area is 191 Å². The van der Waals surface area contributed by atoms with Gasteiger partial charge in [0.2, 0.25) is 5.91 Å². The van der Waals surface area contributed by atoms with Crippen molar-refractivity contribution in [3.05, 3.63) is 78.3 Å². The summed E-state index contributed by atoms with van der Waals surface area (Å²) < 4.78 is 10.0. The number of furan rings is 1. The number of anilines is 3. The van der Waals surface area contributed by atoms with Crippen LogP contribution in [0.25, 0.3) is 0 Å². The standard InChI is InChI=1S/C24H26N4O5/c1-32-13-4-12-25-23(30)17-8-10-18(11-9-17)27-22(29)16-26-19-5-2-6-20(15-19)28-24(31)21-7-3-14-33-21/h2-3,5-11,14-15,26H,4,12-13,16H2,1H3,(H,25,30)(H,27,29)(H,28,31). The second kappa shape index (κ2) is 12.1. The molecule has 0 fully saturated rings. The smallest absolute Gasteiger partial charge is 0.291 e. The van der Waals surface area contributed by atoms with E-state index in [9.17, 15) is 14.4 Å². The summed E-state index contributed by atoms with van der Waals surface area (Å²) in [7, 11) is 1.62. The minimum atomic E-state index is -0.359. The Morgan fingerprint density at radius 1 is 0.879 bits per heavy atom. The molecule has 0 atom stereocenters. The molecule has 3 amide bonds. The van der Waals surface area contributed by atoms with Gasteiger partial charge in [0.25, 0.3) is 11.8 Å². The summed E-state index contributed by atoms with van der Waals surface area (Å²) in [6.45, 7) is 1.14. The lowest BCUT2D eigenvalue weighted by Crippen LogP contribution is -2.25. The van der Waals surface area contributed by atoms with Gasteiger partial charge in [0, 0.05) is 42.9 Å². The van der Waals surface area contributed by atoms with Crippen LogP contribution in [0.3, 0.4) is 0 Å². The highest BCUT2D eigenvalue weighted by Crippen LogP contribution is 2.16. The Hall–Kier alpha value is -4.11. The largest absolute Gasteiger partial charge is 0.459 e. The summed E-state index contributed by atoms with van der Waals surface area (Å²) in [5.41, 5.74) is 2.33. The molecule has 172 valence electrons. The van der Waals surface area contributed by atoms with Crippen LogP contribution in [-0.2, 0) is 9.53 Å². The lowest BCUT2D eigenvalue weighted by Gasteiger charge is -2.10. The van der Waals surface area contributed by atoms with Crippen molar-refractivity contribution in [3.63, 3.8) is 0 Å². The summed E-state index contributed by atoms with van der Waals surface area (Å²) in [5, 5.41) is 11.3. The molecule has 0 radical (unpaired) electrons. The van der Waals surface area contributed by atoms with Crippen molar-refractivity contribution in [2.24, 2.45) is 0 Å². The lowest BCUT2D eigenvalue weighted by atomic mass is 10.2. The maximum atomic E-state index is 12.3. The highest BCUT2D eigenvalue weighted by molar-refractivity contribution is 6.02. The quantitative estimate of drug-likeness (QED) is 0.333. The molecule has 0 saturated carbocycles. The van der Waals surface area contributed by atoms with E-state index in [0.717, 1.165) is 6.42 Å². The Morgan fingerprint density at radius 3 is 2.39 bits per heavy atom. The number of nitrogens with one attached hydrogen (secondary N) is 4. The van der Waals surface area contributed by atoms with E-state index in [1.54, 1.807) is 67.8 Å². The highest BCUT2D eigenvalue weighted by atomic mass is 16.5. The maximum absolute atomic E-state index is 12.3. The Balaban J connectivity index is 1.45. The molecule has 0 aliphatic heterocycles. The third-order valence-electron chi connectivity index (χ3n) is 4.56. The van der Waals surface area contributed by atoms with E-state index >= 15 is 0 Å². The van der Waals surface area contributed by atoms with Crippen molar-refractivity contribution in [1.82, 2.24) is 5.32 Å². The first-order chi connectivity index (χ1) is 16.0. The number of rotatable bonds is 11. The third-order valence-corrected chi connectivity index (χ3v) is 4.56. The molecule has 0 unspecified atom stereocenters. The normalized spacial score (nSPS) is 10.3. The zero-order valence-electron chi connectivity index (χ0n) is 18.2. The molecule has 0 saturated heterocycles. The number of hydrogen-bond acceptors (Lipinski definition) is 6. The fourth-order valence-corrected chi connectivity index (χ4v) is 2.92. The molecular weight excluding hydrogens is 424 g/mol. The fourth-order valence-electron chi connectivity index (χ4n) is 2.92. The van der Waals surface area contributed by atoms with Crippen molar-refractivity contribution in [2.45, 2.75) is 6.42 Å². The van der Waals surface area contributed by atoms with E-state index in [4.69, 9.17) is 9.15 Å². The van der Waals surface area contributed by atoms with E-state index in [1.807, 2.05) is 0 Å². The molecule has 33 heavy (non-hydrogen) atoms. The van der Waals surface area contributed by atoms with Crippen LogP contribution in [0.15, 0.2) is 71.3 Å². The lowest BCUT2D eigenvalue weighted by molar-refractivity contribution is -0.114. The predicted octanol–water partition coefficient (Wildman–Crippen LogP) is 3.35. The second-order valence-corrected chi connectivity index (χ2v) is 7.09. The Kier molecular flexibility index (Phi) is 8.61. The average Bonchev–Trinajstić information content (AvgIpc) is 3.36. The summed E-state index contributed by atoms with van der Waals surface area (Å²) in [6, 6.07) is 16.9. The van der Waals surface area contributed by atoms with E-state index < -0.39 is 0 Å². The molecule has 4 N–H and O–H groups in total. The van der Waals surface area contributed by atoms with Gasteiger partial charge in [-0.05, 0) is 61.0 Å². The van der Waals surface area contributed by atoms with Crippen LogP contribution in [0.2, 0.25) is 0 Å². The first-order valence-electron chi connectivity index (χ1n) is 10.4. The summed E-state index contributed by atoms with van der Waals surface area (Å²) in [6.07, 6.45) is 2.17. The number of amides is 3. The number of carbonyl (C=O) groups is 3. The number of methoxy groups -OCH3 is 1. The highest BCUT2D eigenvalue weighted by Gasteiger charge is 2.10. The molecule has 0 spiro atoms. The molecule has 9 heteroatoms. The van der Waals surface area contributed by atoms with Crippen LogP contribution in [0, 0.1) is 0 Å². The minimum absolute atomic E-state index is 0.0251. The van der Waals surface area contributed by atoms with Gasteiger partial charge in [0.15, 0.2) is 5.76 Å². The monoisotopic (exact) mass is 450 g/mol. The molecule has 3 rings (SSSR count). The average molecular weight is 450 g/mol. The maximum Gasteiger partial charge on any atom is 0.291 e. The van der Waals surface area contributed by atoms with Crippen LogP contribution >= 0.6 is 0 Å². The zero-order chi connectivity index (χ0) is 23.5. The van der Waals surface area contributed by atoms with Gasteiger partial charge >= 0.3 is 0 Å². The Morgan fingerprint density at radius 2 is 1.67 bits per heavy atom. The molecule has 0 bridgehead atoms. The van der Waals surface area contributed by atoms with Gasteiger partial charge in [0.05, 0.1) is 12.8 Å². The molecule has 2 aromatic carbocycles. The van der Waals surface area contributed by atoms with E-state index in [1.165, 1.54) is 6.26 Å². The van der Waals surface area contributed by atoms with Crippen molar-refractivity contribution < 1.29 is 23.5 Å². The third kappa shape index (κ3) is 7.51. The SMILES string of the molecule is COCCCNC(=O)c1ccc(NC(=O)CNc2cccc(NC(=O)c3ccco3)c2)cc1. The molecule has 0 aliphatic carbocycles. The number of ether oxygens (including phenoxy) is 1. The van der Waals surface area contributed by atoms with Gasteiger partial charge in [-0.15, -0.1) is 0 Å². The molecule has 0 aliphatic rings. The van der Waals surface area contributed by atoms with Gasteiger partial charge in [-0.3, -0.25) is 14.4 Å². The van der Waals surface area contributed by atoms with Gasteiger partial charge in [-0.1, -0.05) is 6.07 Å². The van der Waals surface area contributed by atoms with Crippen molar-refractivity contribution in [3.8, 4) is 0 Å². The van der Waals surface area contributed by atoms with E-state index in [2.05, 4.69) is 21.3 Å². The van der Waals surface area contributed by atoms with Crippen LogP contribution < -0.4 is 21.3 Å². The van der Waals surface area contributed by atoms with E-state index in [0.29, 0.717) is 35.8 Å². The number of benzene rings is 2. The molecular formula is C24H26N4O5. The topological polar surface area (TPSA) is 122 Å². The van der Waals surface area contributed by atoms with Crippen LogP contribution in [-0.4, -0.2) is 44.5 Å².